The molecule has 5 aromatic rings. The van der Waals surface area contributed by atoms with Crippen molar-refractivity contribution in [3.8, 4) is 16.8 Å². The van der Waals surface area contributed by atoms with E-state index in [-0.39, 0.29) is 17.5 Å². The summed E-state index contributed by atoms with van der Waals surface area (Å²) in [5.74, 6) is 0.0203. The van der Waals surface area contributed by atoms with Crippen LogP contribution in [0.5, 0.6) is 0 Å². The summed E-state index contributed by atoms with van der Waals surface area (Å²) < 4.78 is 27.3. The van der Waals surface area contributed by atoms with Crippen molar-refractivity contribution in [2.45, 2.75) is 32.2 Å². The molecular weight excluding hydrogens is 501 g/mol. The van der Waals surface area contributed by atoms with E-state index in [1.165, 1.54) is 13.2 Å². The number of rotatable bonds is 4. The number of hydrogen-bond donors (Lipinski definition) is 0. The smallest absolute Gasteiger partial charge is 0.330 e. The van der Waals surface area contributed by atoms with Crippen LogP contribution in [0.1, 0.15) is 26.6 Å². The molecule has 0 spiro atoms. The van der Waals surface area contributed by atoms with Crippen molar-refractivity contribution >= 4 is 33.7 Å². The van der Waals surface area contributed by atoms with Crippen LogP contribution in [0.3, 0.4) is 0 Å². The van der Waals surface area contributed by atoms with Crippen molar-refractivity contribution in [1.82, 2.24) is 28.5 Å². The minimum Gasteiger partial charge on any atom is -0.467 e. The number of esters is 1. The molecule has 6 rings (SSSR count). The summed E-state index contributed by atoms with van der Waals surface area (Å²) >= 11 is 0. The lowest BCUT2D eigenvalue weighted by atomic mass is 9.95. The van der Waals surface area contributed by atoms with Gasteiger partial charge in [-0.25, -0.2) is 19.0 Å². The number of aromatic nitrogens is 6. The first-order valence-electron chi connectivity index (χ1n) is 12.7. The van der Waals surface area contributed by atoms with E-state index in [2.05, 4.69) is 25.9 Å². The highest BCUT2D eigenvalue weighted by Gasteiger charge is 2.43. The van der Waals surface area contributed by atoms with Gasteiger partial charge in [-0.1, -0.05) is 20.8 Å². The fraction of sp³-hybridized carbons (Fsp3) is 0.357. The number of aryl methyl sites for hydroxylation is 3. The van der Waals surface area contributed by atoms with Gasteiger partial charge in [-0.05, 0) is 18.2 Å². The van der Waals surface area contributed by atoms with E-state index in [1.807, 2.05) is 21.6 Å². The Morgan fingerprint density at radius 1 is 1.08 bits per heavy atom. The maximum atomic E-state index is 15.6. The van der Waals surface area contributed by atoms with Crippen LogP contribution in [0.25, 0.3) is 38.9 Å². The van der Waals surface area contributed by atoms with Gasteiger partial charge in [-0.2, -0.15) is 5.10 Å². The molecule has 202 valence electrons. The molecule has 1 atom stereocenters. The van der Waals surface area contributed by atoms with E-state index in [0.717, 1.165) is 17.2 Å². The number of anilines is 1. The standard InChI is InChI=1S/C28H30FN7O3/c1-28(2,3)26-31-19-10-17(15-12-30-32(4)13-15)18(29)11-20(19)36(26)16-8-21-24(34(6)27(38)33(21)5)22(9-16)35-14-23(35)25(37)39-7/h8-13,23H,14H2,1-7H3. The highest BCUT2D eigenvalue weighted by atomic mass is 19.1. The third kappa shape index (κ3) is 3.75. The summed E-state index contributed by atoms with van der Waals surface area (Å²) in [5.41, 5.74) is 4.62. The normalized spacial score (nSPS) is 15.5. The Morgan fingerprint density at radius 2 is 1.82 bits per heavy atom. The van der Waals surface area contributed by atoms with Crippen molar-refractivity contribution in [2.75, 3.05) is 18.6 Å². The van der Waals surface area contributed by atoms with Gasteiger partial charge in [0, 0.05) is 49.9 Å². The fourth-order valence-electron chi connectivity index (χ4n) is 5.35. The molecule has 0 N–H and O–H groups in total. The van der Waals surface area contributed by atoms with Gasteiger partial charge in [0.05, 0.1) is 53.3 Å². The molecule has 0 radical (unpaired) electrons. The van der Waals surface area contributed by atoms with Gasteiger partial charge in [-0.15, -0.1) is 0 Å². The van der Waals surface area contributed by atoms with Crippen LogP contribution in [-0.2, 0) is 36.1 Å². The Hall–Kier alpha value is -4.41. The Kier molecular flexibility index (Phi) is 5.29. The van der Waals surface area contributed by atoms with Gasteiger partial charge in [0.25, 0.3) is 0 Å². The molecular formula is C28H30FN7O3. The number of hydrogen-bond acceptors (Lipinski definition) is 6. The second-order valence-corrected chi connectivity index (χ2v) is 11.2. The van der Waals surface area contributed by atoms with E-state index in [0.29, 0.717) is 39.7 Å². The number of halogens is 1. The van der Waals surface area contributed by atoms with Crippen molar-refractivity contribution in [3.05, 3.63) is 58.8 Å². The summed E-state index contributed by atoms with van der Waals surface area (Å²) in [6.07, 6.45) is 3.40. The maximum absolute atomic E-state index is 15.6. The van der Waals surface area contributed by atoms with Crippen LogP contribution in [0.4, 0.5) is 10.1 Å². The van der Waals surface area contributed by atoms with E-state index in [4.69, 9.17) is 9.72 Å². The molecule has 2 aromatic carbocycles. The molecule has 0 bridgehead atoms. The average Bonchev–Trinajstić information content (AvgIpc) is 3.35. The maximum Gasteiger partial charge on any atom is 0.330 e. The van der Waals surface area contributed by atoms with Gasteiger partial charge in [-0.3, -0.25) is 18.4 Å². The van der Waals surface area contributed by atoms with Crippen LogP contribution in [-0.4, -0.2) is 54.1 Å². The Morgan fingerprint density at radius 3 is 2.46 bits per heavy atom. The first kappa shape index (κ1) is 24.9. The first-order chi connectivity index (χ1) is 18.4. The lowest BCUT2D eigenvalue weighted by molar-refractivity contribution is -0.139. The van der Waals surface area contributed by atoms with E-state index >= 15 is 4.39 Å². The lowest BCUT2D eigenvalue weighted by Gasteiger charge is -2.21. The second kappa shape index (κ2) is 8.29. The number of fused-ring (bicyclic) bond motifs is 2. The van der Waals surface area contributed by atoms with Crippen LogP contribution >= 0.6 is 0 Å². The van der Waals surface area contributed by atoms with Crippen molar-refractivity contribution < 1.29 is 13.9 Å². The minimum atomic E-state index is -0.426. The predicted molar refractivity (Wildman–Crippen MR) is 147 cm³/mol. The summed E-state index contributed by atoms with van der Waals surface area (Å²) in [4.78, 5) is 32.1. The molecule has 0 aliphatic carbocycles. The number of methoxy groups -OCH3 is 1. The SMILES string of the molecule is COC(=O)C1CN1c1cc(-n2c(C(C)(C)C)nc3cc(-c4cnn(C)c4)c(F)cc32)cc2c1n(C)c(=O)n2C. The number of ether oxygens (including phenoxy) is 1. The number of carbonyl (C=O) groups excluding carboxylic acids is 1. The minimum absolute atomic E-state index is 0.182. The lowest BCUT2D eigenvalue weighted by Crippen LogP contribution is -2.19. The van der Waals surface area contributed by atoms with Gasteiger partial charge in [0.2, 0.25) is 0 Å². The molecule has 1 fully saturated rings. The molecule has 1 aliphatic rings. The van der Waals surface area contributed by atoms with Crippen LogP contribution in [0, 0.1) is 5.82 Å². The molecule has 4 heterocycles. The molecule has 1 aliphatic heterocycles. The van der Waals surface area contributed by atoms with Gasteiger partial charge in [0.1, 0.15) is 17.7 Å². The number of nitrogens with zero attached hydrogens (tertiary/aromatic N) is 7. The van der Waals surface area contributed by atoms with Crippen LogP contribution in [0.15, 0.2) is 41.5 Å². The quantitative estimate of drug-likeness (QED) is 0.261. The van der Waals surface area contributed by atoms with Gasteiger partial charge < -0.3 is 9.64 Å². The molecule has 1 saturated heterocycles. The highest BCUT2D eigenvalue weighted by Crippen LogP contribution is 2.39. The third-order valence-electron chi connectivity index (χ3n) is 7.41. The Bertz CT molecular complexity index is 1870. The Balaban J connectivity index is 1.64. The second-order valence-electron chi connectivity index (χ2n) is 11.2. The number of carbonyl (C=O) groups is 1. The summed E-state index contributed by atoms with van der Waals surface area (Å²) in [7, 11) is 6.59. The third-order valence-corrected chi connectivity index (χ3v) is 7.41. The van der Waals surface area contributed by atoms with Crippen molar-refractivity contribution in [2.24, 2.45) is 21.1 Å². The van der Waals surface area contributed by atoms with E-state index in [1.54, 1.807) is 53.4 Å². The van der Waals surface area contributed by atoms with Crippen molar-refractivity contribution in [1.29, 1.82) is 0 Å². The number of imidazole rings is 2. The van der Waals surface area contributed by atoms with Crippen LogP contribution < -0.4 is 10.6 Å². The molecule has 1 unspecified atom stereocenters. The highest BCUT2D eigenvalue weighted by molar-refractivity contribution is 5.98. The monoisotopic (exact) mass is 531 g/mol. The molecule has 10 nitrogen and oxygen atoms in total. The summed E-state index contributed by atoms with van der Waals surface area (Å²) in [6.45, 7) is 6.64. The van der Waals surface area contributed by atoms with Crippen molar-refractivity contribution in [3.63, 3.8) is 0 Å². The molecule has 11 heteroatoms. The summed E-state index contributed by atoms with van der Waals surface area (Å²) in [5, 5.41) is 4.18. The molecule has 0 saturated carbocycles. The zero-order valence-corrected chi connectivity index (χ0v) is 23.0. The Labute approximate surface area is 223 Å². The zero-order chi connectivity index (χ0) is 28.0. The van der Waals surface area contributed by atoms with E-state index in [9.17, 15) is 9.59 Å². The zero-order valence-electron chi connectivity index (χ0n) is 23.0. The topological polar surface area (TPSA) is 91.9 Å². The summed E-state index contributed by atoms with van der Waals surface area (Å²) in [6, 6.07) is 6.68. The molecule has 39 heavy (non-hydrogen) atoms. The van der Waals surface area contributed by atoms with Gasteiger partial charge in [0.15, 0.2) is 0 Å². The van der Waals surface area contributed by atoms with Gasteiger partial charge >= 0.3 is 11.7 Å². The van der Waals surface area contributed by atoms with E-state index < -0.39 is 11.5 Å². The van der Waals surface area contributed by atoms with Crippen LogP contribution in [0.2, 0.25) is 0 Å². The number of benzene rings is 2. The predicted octanol–water partition coefficient (Wildman–Crippen LogP) is 3.41. The molecule has 3 aromatic heterocycles. The molecule has 0 amide bonds. The fourth-order valence-corrected chi connectivity index (χ4v) is 5.35. The average molecular weight is 532 g/mol. The first-order valence-corrected chi connectivity index (χ1v) is 12.7. The largest absolute Gasteiger partial charge is 0.467 e.